The van der Waals surface area contributed by atoms with Crippen molar-refractivity contribution in [3.8, 4) is 0 Å². The van der Waals surface area contributed by atoms with Gasteiger partial charge in [-0.15, -0.1) is 0 Å². The lowest BCUT2D eigenvalue weighted by atomic mass is 10.1. The number of ether oxygens (including phenoxy) is 5. The molecule has 16 heteroatoms. The van der Waals surface area contributed by atoms with Gasteiger partial charge in [-0.25, -0.2) is 14.6 Å². The number of carbonyl (C=O) groups excluding carboxylic acids is 4. The summed E-state index contributed by atoms with van der Waals surface area (Å²) in [6.07, 6.45) is 2.76. The van der Waals surface area contributed by atoms with Crippen molar-refractivity contribution in [2.75, 3.05) is 19.8 Å². The van der Waals surface area contributed by atoms with Gasteiger partial charge in [0, 0.05) is 40.6 Å². The van der Waals surface area contributed by atoms with Crippen LogP contribution in [0.4, 0.5) is 0 Å². The second-order valence-electron chi connectivity index (χ2n) is 10.3. The topological polar surface area (TPSA) is 179 Å². The molecule has 4 atom stereocenters. The molecule has 4 rings (SSSR count). The Morgan fingerprint density at radius 1 is 1.00 bits per heavy atom. The van der Waals surface area contributed by atoms with E-state index in [9.17, 15) is 28.8 Å². The Hall–Kier alpha value is -4.73. The van der Waals surface area contributed by atoms with Gasteiger partial charge in [-0.1, -0.05) is 6.92 Å². The average molecular weight is 618 g/mol. The molecule has 1 saturated heterocycles. The minimum Gasteiger partial charge on any atom is -0.463 e. The first kappa shape index (κ1) is 32.2. The molecule has 0 unspecified atom stereocenters. The van der Waals surface area contributed by atoms with E-state index in [1.807, 2.05) is 6.92 Å². The second-order valence-corrected chi connectivity index (χ2v) is 10.3. The number of esters is 4. The van der Waals surface area contributed by atoms with E-state index in [0.717, 1.165) is 11.0 Å². The summed E-state index contributed by atoms with van der Waals surface area (Å²) >= 11 is 0. The smallest absolute Gasteiger partial charge is 0.335 e. The van der Waals surface area contributed by atoms with Crippen LogP contribution >= 0.6 is 0 Å². The summed E-state index contributed by atoms with van der Waals surface area (Å²) in [5.41, 5.74) is -0.368. The molecule has 0 N–H and O–H groups in total. The first-order chi connectivity index (χ1) is 20.9. The Morgan fingerprint density at radius 3 is 2.36 bits per heavy atom. The van der Waals surface area contributed by atoms with Crippen LogP contribution in [0.1, 0.15) is 34.1 Å². The molecule has 2 aliphatic rings. The van der Waals surface area contributed by atoms with Crippen molar-refractivity contribution < 1.29 is 42.9 Å². The number of aryl methyl sites for hydroxylation is 2. The number of allylic oxidation sites excluding steroid dienone is 2. The van der Waals surface area contributed by atoms with Crippen LogP contribution in [0.5, 0.6) is 0 Å². The molecule has 0 radical (unpaired) electrons. The van der Waals surface area contributed by atoms with Gasteiger partial charge in [-0.2, -0.15) is 0 Å². The summed E-state index contributed by atoms with van der Waals surface area (Å²) in [6.45, 7) is 5.31. The fourth-order valence-corrected chi connectivity index (χ4v) is 5.09. The Labute approximate surface area is 251 Å². The van der Waals surface area contributed by atoms with Gasteiger partial charge in [-0.3, -0.25) is 28.3 Å². The van der Waals surface area contributed by atoms with Crippen LogP contribution in [0.25, 0.3) is 11.2 Å². The summed E-state index contributed by atoms with van der Waals surface area (Å²) in [5.74, 6) is -2.62. The van der Waals surface area contributed by atoms with Crippen molar-refractivity contribution in [1.82, 2.24) is 23.6 Å². The summed E-state index contributed by atoms with van der Waals surface area (Å²) < 4.78 is 31.3. The van der Waals surface area contributed by atoms with Gasteiger partial charge in [0.15, 0.2) is 29.6 Å². The molecule has 16 nitrogen and oxygen atoms in total. The van der Waals surface area contributed by atoms with Crippen LogP contribution in [0.3, 0.4) is 0 Å². The highest BCUT2D eigenvalue weighted by atomic mass is 16.7. The number of nitrogens with zero attached hydrogens (tertiary/aromatic N) is 5. The third kappa shape index (κ3) is 6.90. The Kier molecular flexibility index (Phi) is 10.0. The molecule has 0 amide bonds. The van der Waals surface area contributed by atoms with E-state index in [1.54, 1.807) is 21.7 Å². The maximum Gasteiger partial charge on any atom is 0.335 e. The molecular weight excluding hydrogens is 582 g/mol. The van der Waals surface area contributed by atoms with Gasteiger partial charge < -0.3 is 33.2 Å². The Morgan fingerprint density at radius 2 is 1.70 bits per heavy atom. The van der Waals surface area contributed by atoms with Crippen LogP contribution in [0, 0.1) is 0 Å². The van der Waals surface area contributed by atoms with Crippen molar-refractivity contribution in [1.29, 1.82) is 0 Å². The average Bonchev–Trinajstić information content (AvgIpc) is 3.54. The van der Waals surface area contributed by atoms with E-state index < -0.39 is 59.7 Å². The summed E-state index contributed by atoms with van der Waals surface area (Å²) in [6, 6.07) is 0. The molecule has 0 aromatic carbocycles. The molecule has 238 valence electrons. The van der Waals surface area contributed by atoms with Gasteiger partial charge in [0.25, 0.3) is 5.56 Å². The third-order valence-electron chi connectivity index (χ3n) is 6.97. The lowest BCUT2D eigenvalue weighted by molar-refractivity contribution is -0.167. The molecule has 1 fully saturated rings. The van der Waals surface area contributed by atoms with E-state index in [2.05, 4.69) is 4.98 Å². The highest BCUT2D eigenvalue weighted by Gasteiger charge is 2.51. The lowest BCUT2D eigenvalue weighted by Gasteiger charge is -2.32. The molecule has 0 spiro atoms. The summed E-state index contributed by atoms with van der Waals surface area (Å²) in [5, 5.41) is 0. The van der Waals surface area contributed by atoms with Crippen molar-refractivity contribution >= 4 is 35.0 Å². The lowest BCUT2D eigenvalue weighted by Crippen LogP contribution is -2.47. The van der Waals surface area contributed by atoms with Crippen LogP contribution < -0.4 is 11.2 Å². The predicted molar refractivity (Wildman–Crippen MR) is 151 cm³/mol. The Balaban J connectivity index is 1.46. The predicted octanol–water partition coefficient (Wildman–Crippen LogP) is -0.243. The third-order valence-corrected chi connectivity index (χ3v) is 6.97. The van der Waals surface area contributed by atoms with E-state index >= 15 is 0 Å². The number of fused-ring (bicyclic) bond motifs is 1. The number of rotatable bonds is 11. The van der Waals surface area contributed by atoms with Crippen LogP contribution in [0.15, 0.2) is 39.8 Å². The van der Waals surface area contributed by atoms with Crippen LogP contribution in [-0.2, 0) is 63.0 Å². The van der Waals surface area contributed by atoms with Gasteiger partial charge in [0.05, 0.1) is 25.0 Å². The maximum absolute atomic E-state index is 13.1. The molecular formula is C28H35N5O11. The minimum absolute atomic E-state index is 0.0469. The molecule has 0 saturated carbocycles. The fraction of sp³-hybridized carbons (Fsp3) is 0.536. The highest BCUT2D eigenvalue weighted by molar-refractivity contribution is 5.89. The molecule has 44 heavy (non-hydrogen) atoms. The highest BCUT2D eigenvalue weighted by Crippen LogP contribution is 2.31. The van der Waals surface area contributed by atoms with E-state index in [1.165, 1.54) is 44.8 Å². The molecule has 0 aliphatic carbocycles. The summed E-state index contributed by atoms with van der Waals surface area (Å²) in [7, 11) is 1.51. The minimum atomic E-state index is -1.11. The first-order valence-electron chi connectivity index (χ1n) is 14.0. The maximum atomic E-state index is 13.1. The van der Waals surface area contributed by atoms with Gasteiger partial charge in [-0.05, 0) is 18.6 Å². The molecule has 4 heterocycles. The largest absolute Gasteiger partial charge is 0.463 e. The van der Waals surface area contributed by atoms with Gasteiger partial charge in [0.1, 0.15) is 19.3 Å². The number of aromatic nitrogens is 4. The van der Waals surface area contributed by atoms with Crippen LogP contribution in [-0.4, -0.2) is 91.8 Å². The zero-order valence-corrected chi connectivity index (χ0v) is 25.1. The van der Waals surface area contributed by atoms with E-state index in [4.69, 9.17) is 23.7 Å². The number of hydrogen-bond donors (Lipinski definition) is 0. The van der Waals surface area contributed by atoms with Crippen LogP contribution in [0.2, 0.25) is 0 Å². The molecule has 2 aromatic heterocycles. The number of imidazole rings is 1. The zero-order chi connectivity index (χ0) is 32.1. The summed E-state index contributed by atoms with van der Waals surface area (Å²) in [4.78, 5) is 79.9. The van der Waals surface area contributed by atoms with Crippen molar-refractivity contribution in [2.45, 2.75) is 71.7 Å². The number of carbonyl (C=O) groups is 4. The Bertz CT molecular complexity index is 1620. The molecule has 2 aliphatic heterocycles. The normalized spacial score (nSPS) is 21.2. The molecule has 0 bridgehead atoms. The quantitative estimate of drug-likeness (QED) is 0.238. The van der Waals surface area contributed by atoms with Gasteiger partial charge in [0.2, 0.25) is 0 Å². The monoisotopic (exact) mass is 617 g/mol. The standard InChI is InChI=1S/C28H35N5O11/c1-6-9-32-15-29-24-21(32)25(37)33(28(39)30(24)5)11-12-40-27(38)19-8-7-10-31(13-19)26-23(43-18(4)36)22(42-17(3)35)20(44-26)14-41-16(2)34/h7-8,10,15,20,22-23,26H,6,9,11-14H2,1-5H3/t20-,22-,23-,26-/m1/s1. The van der Waals surface area contributed by atoms with E-state index in [0.29, 0.717) is 6.54 Å². The fourth-order valence-electron chi connectivity index (χ4n) is 5.09. The second kappa shape index (κ2) is 13.7. The van der Waals surface area contributed by atoms with Crippen molar-refractivity contribution in [3.05, 3.63) is 51.1 Å². The number of hydrogen-bond acceptors (Lipinski definition) is 13. The van der Waals surface area contributed by atoms with Gasteiger partial charge >= 0.3 is 29.6 Å². The molecule has 2 aromatic rings. The van der Waals surface area contributed by atoms with E-state index in [-0.39, 0.29) is 43.0 Å². The first-order valence-corrected chi connectivity index (χ1v) is 14.0. The van der Waals surface area contributed by atoms with Crippen molar-refractivity contribution in [3.63, 3.8) is 0 Å². The van der Waals surface area contributed by atoms with Crippen molar-refractivity contribution in [2.24, 2.45) is 7.05 Å². The SMILES string of the molecule is CCCn1cnc2c1c(=O)n(CCOC(=O)C1=CC=CN([C@@H]3O[C@H](COC(C)=O)[C@@H](OC(C)=O)[C@H]3OC(C)=O)C1)c(=O)n2C. The zero-order valence-electron chi connectivity index (χ0n) is 25.1.